The maximum Gasteiger partial charge on any atom is 0.140 e. The zero-order chi connectivity index (χ0) is 22.6. The summed E-state index contributed by atoms with van der Waals surface area (Å²) in [6, 6.07) is 5.81. The molecule has 0 N–H and O–H groups in total. The summed E-state index contributed by atoms with van der Waals surface area (Å²) in [5.74, 6) is 0.0209. The largest absolute Gasteiger partial charge is 0.299 e. The van der Waals surface area contributed by atoms with Crippen LogP contribution in [-0.2, 0) is 17.6 Å². The molecule has 29 heavy (non-hydrogen) atoms. The van der Waals surface area contributed by atoms with Gasteiger partial charge in [-0.2, -0.15) is 0 Å². The molecule has 0 aliphatic heterocycles. The first-order chi connectivity index (χ1) is 13.6. The van der Waals surface area contributed by atoms with Crippen LogP contribution in [0.3, 0.4) is 0 Å². The van der Waals surface area contributed by atoms with Gasteiger partial charge < -0.3 is 0 Å². The Kier molecular flexibility index (Phi) is 12.7. The van der Waals surface area contributed by atoms with Crippen LogP contribution in [0, 0.1) is 12.3 Å². The quantitative estimate of drug-likeness (QED) is 0.491. The van der Waals surface area contributed by atoms with E-state index < -0.39 is 0 Å². The number of rotatable bonds is 6. The number of aryl methyl sites for hydroxylation is 2. The van der Waals surface area contributed by atoms with Gasteiger partial charge in [-0.1, -0.05) is 73.1 Å². The van der Waals surface area contributed by atoms with Gasteiger partial charge in [0.1, 0.15) is 5.78 Å². The molecule has 2 heterocycles. The van der Waals surface area contributed by atoms with Crippen LogP contribution in [0.5, 0.6) is 0 Å². The van der Waals surface area contributed by atoms with E-state index in [0.29, 0.717) is 23.3 Å². The zero-order valence-corrected chi connectivity index (χ0v) is 20.5. The van der Waals surface area contributed by atoms with Crippen molar-refractivity contribution in [3.8, 4) is 0 Å². The van der Waals surface area contributed by atoms with Crippen LogP contribution in [0.25, 0.3) is 0 Å². The van der Waals surface area contributed by atoms with Crippen molar-refractivity contribution in [3.63, 3.8) is 0 Å². The van der Waals surface area contributed by atoms with Crippen LogP contribution in [-0.4, -0.2) is 15.8 Å². The lowest BCUT2D eigenvalue weighted by atomic mass is 9.87. The van der Waals surface area contributed by atoms with Gasteiger partial charge in [-0.3, -0.25) is 14.8 Å². The molecule has 0 radical (unpaired) electrons. The van der Waals surface area contributed by atoms with Gasteiger partial charge in [-0.15, -0.1) is 0 Å². The summed E-state index contributed by atoms with van der Waals surface area (Å²) < 4.78 is 0. The van der Waals surface area contributed by atoms with E-state index in [1.54, 1.807) is 12.4 Å². The predicted molar refractivity (Wildman–Crippen MR) is 126 cm³/mol. The molecule has 0 aromatic carbocycles. The fourth-order valence-electron chi connectivity index (χ4n) is 2.70. The fourth-order valence-corrected chi connectivity index (χ4v) is 2.88. The normalized spacial score (nSPS) is 11.5. The highest BCUT2D eigenvalue weighted by Gasteiger charge is 2.23. The number of aromatic nitrogens is 2. The molecule has 3 nitrogen and oxygen atoms in total. The number of hydrogen-bond donors (Lipinski definition) is 0. The molecule has 0 bridgehead atoms. The second-order valence-corrected chi connectivity index (χ2v) is 8.80. The summed E-state index contributed by atoms with van der Waals surface area (Å²) in [6.07, 6.45) is 5.36. The molecule has 0 spiro atoms. The average Bonchev–Trinajstić information content (AvgIpc) is 2.67. The number of carbonyl (C=O) groups excluding carboxylic acids is 1. The SMILES string of the molecule is CC.CC(C)(C)C.CCC(=O)C(Cc1ncc(Cl)cc1CC)c1cccnc1C. The zero-order valence-electron chi connectivity index (χ0n) is 19.8. The van der Waals surface area contributed by atoms with Gasteiger partial charge in [0.2, 0.25) is 0 Å². The van der Waals surface area contributed by atoms with Crippen molar-refractivity contribution in [1.29, 1.82) is 0 Å². The van der Waals surface area contributed by atoms with Gasteiger partial charge in [0.15, 0.2) is 0 Å². The molecule has 0 amide bonds. The predicted octanol–water partition coefficient (Wildman–Crippen LogP) is 7.38. The number of hydrogen-bond acceptors (Lipinski definition) is 3. The van der Waals surface area contributed by atoms with Crippen LogP contribution < -0.4 is 0 Å². The highest BCUT2D eigenvalue weighted by Crippen LogP contribution is 2.26. The summed E-state index contributed by atoms with van der Waals surface area (Å²) >= 11 is 6.02. The minimum absolute atomic E-state index is 0.197. The lowest BCUT2D eigenvalue weighted by Crippen LogP contribution is -2.17. The number of nitrogens with zero attached hydrogens (tertiary/aromatic N) is 2. The number of ketones is 1. The highest BCUT2D eigenvalue weighted by molar-refractivity contribution is 6.30. The Balaban J connectivity index is 0.000000977. The Bertz CT molecular complexity index is 745. The molecule has 4 heteroatoms. The molecule has 0 saturated carbocycles. The van der Waals surface area contributed by atoms with Crippen molar-refractivity contribution in [3.05, 3.63) is 58.1 Å². The molecule has 2 rings (SSSR count). The maximum absolute atomic E-state index is 12.5. The van der Waals surface area contributed by atoms with Gasteiger partial charge in [0, 0.05) is 42.5 Å². The molecule has 0 aliphatic rings. The first-order valence-electron chi connectivity index (χ1n) is 10.6. The molecule has 1 atom stereocenters. The Morgan fingerprint density at radius 2 is 1.72 bits per heavy atom. The van der Waals surface area contributed by atoms with Gasteiger partial charge in [0.05, 0.1) is 5.02 Å². The monoisotopic (exact) mass is 418 g/mol. The van der Waals surface area contributed by atoms with E-state index in [1.807, 2.05) is 45.9 Å². The third kappa shape index (κ3) is 10.6. The first-order valence-corrected chi connectivity index (χ1v) is 11.0. The van der Waals surface area contributed by atoms with Crippen LogP contribution in [0.4, 0.5) is 0 Å². The third-order valence-electron chi connectivity index (χ3n) is 3.97. The second kappa shape index (κ2) is 13.5. The van der Waals surface area contributed by atoms with Crippen LogP contribution in [0.2, 0.25) is 5.02 Å². The number of halogens is 1. The Hall–Kier alpha value is -1.74. The van der Waals surface area contributed by atoms with E-state index in [9.17, 15) is 4.79 Å². The summed E-state index contributed by atoms with van der Waals surface area (Å²) in [4.78, 5) is 21.2. The van der Waals surface area contributed by atoms with Gasteiger partial charge >= 0.3 is 0 Å². The minimum atomic E-state index is -0.197. The van der Waals surface area contributed by atoms with E-state index in [-0.39, 0.29) is 11.7 Å². The van der Waals surface area contributed by atoms with Crippen molar-refractivity contribution >= 4 is 17.4 Å². The van der Waals surface area contributed by atoms with Crippen molar-refractivity contribution < 1.29 is 4.79 Å². The van der Waals surface area contributed by atoms with Crippen molar-refractivity contribution in [2.45, 2.75) is 87.5 Å². The lowest BCUT2D eigenvalue weighted by Gasteiger charge is -2.18. The van der Waals surface area contributed by atoms with Gasteiger partial charge in [0.25, 0.3) is 0 Å². The maximum atomic E-state index is 12.5. The summed E-state index contributed by atoms with van der Waals surface area (Å²) in [6.45, 7) is 18.7. The summed E-state index contributed by atoms with van der Waals surface area (Å²) in [5.41, 5.74) is 4.44. The van der Waals surface area contributed by atoms with Crippen molar-refractivity contribution in [2.24, 2.45) is 5.41 Å². The minimum Gasteiger partial charge on any atom is -0.299 e. The molecular weight excluding hydrogens is 380 g/mol. The smallest absolute Gasteiger partial charge is 0.140 e. The van der Waals surface area contributed by atoms with E-state index in [4.69, 9.17) is 11.6 Å². The highest BCUT2D eigenvalue weighted by atomic mass is 35.5. The van der Waals surface area contributed by atoms with Crippen LogP contribution in [0.1, 0.15) is 90.2 Å². The average molecular weight is 419 g/mol. The fraction of sp³-hybridized carbons (Fsp3) is 0.560. The lowest BCUT2D eigenvalue weighted by molar-refractivity contribution is -0.120. The molecule has 2 aromatic heterocycles. The van der Waals surface area contributed by atoms with E-state index >= 15 is 0 Å². The Morgan fingerprint density at radius 1 is 1.14 bits per heavy atom. The molecule has 0 fully saturated rings. The third-order valence-corrected chi connectivity index (χ3v) is 4.17. The topological polar surface area (TPSA) is 42.9 Å². The second-order valence-electron chi connectivity index (χ2n) is 8.37. The van der Waals surface area contributed by atoms with Crippen molar-refractivity contribution in [2.75, 3.05) is 0 Å². The Morgan fingerprint density at radius 3 is 2.21 bits per heavy atom. The van der Waals surface area contributed by atoms with Gasteiger partial charge in [-0.05, 0) is 42.0 Å². The molecule has 162 valence electrons. The van der Waals surface area contributed by atoms with Crippen LogP contribution >= 0.6 is 11.6 Å². The van der Waals surface area contributed by atoms with Crippen LogP contribution in [0.15, 0.2) is 30.6 Å². The van der Waals surface area contributed by atoms with Crippen molar-refractivity contribution in [1.82, 2.24) is 9.97 Å². The standard InChI is InChI=1S/C18H21ClN2O.C5H12.C2H6/c1-4-13-9-14(19)11-21-17(13)10-16(18(22)5-2)15-7-6-8-20-12(15)3;1-5(2,3)4;1-2/h6-9,11,16H,4-5,10H2,1-3H3;1-4H3;1-2H3. The van der Waals surface area contributed by atoms with E-state index in [1.165, 1.54) is 0 Å². The number of pyridine rings is 2. The summed E-state index contributed by atoms with van der Waals surface area (Å²) in [7, 11) is 0. The van der Waals surface area contributed by atoms with E-state index in [2.05, 4.69) is 44.6 Å². The van der Waals surface area contributed by atoms with Gasteiger partial charge in [-0.25, -0.2) is 0 Å². The molecular formula is C25H39ClN2O. The molecule has 0 aliphatic carbocycles. The summed E-state index contributed by atoms with van der Waals surface area (Å²) in [5, 5.41) is 0.636. The first kappa shape index (κ1) is 27.3. The Labute approximate surface area is 183 Å². The molecule has 0 saturated heterocycles. The molecule has 1 unspecified atom stereocenters. The number of carbonyl (C=O) groups is 1. The van der Waals surface area contributed by atoms with E-state index in [0.717, 1.165) is 28.9 Å². The number of Topliss-reactive ketones (excluding diaryl/α,β-unsaturated/α-hetero) is 1. The molecule has 2 aromatic rings.